The molecule has 2 aliphatic heterocycles. The smallest absolute Gasteiger partial charge is 0.331 e. The van der Waals surface area contributed by atoms with E-state index in [1.807, 2.05) is 60.7 Å². The van der Waals surface area contributed by atoms with E-state index in [4.69, 9.17) is 14.2 Å². The SMILES string of the molecule is O=C1C=C[C@H](OC(=O)/C=C/c2ccccc2)C([C@H]2O[C@@H]2c2ccccc2)O1. The normalized spacial score (nSPS) is 26.6. The lowest BCUT2D eigenvalue weighted by molar-refractivity contribution is -0.161. The monoisotopic (exact) mass is 362 g/mol. The summed E-state index contributed by atoms with van der Waals surface area (Å²) in [7, 11) is 0. The maximum Gasteiger partial charge on any atom is 0.331 e. The maximum absolute atomic E-state index is 12.2. The zero-order chi connectivity index (χ0) is 18.6. The first-order valence-corrected chi connectivity index (χ1v) is 8.74. The van der Waals surface area contributed by atoms with Gasteiger partial charge in [0, 0.05) is 12.2 Å². The molecule has 0 bridgehead atoms. The third kappa shape index (κ3) is 4.15. The predicted molar refractivity (Wildman–Crippen MR) is 98.4 cm³/mol. The summed E-state index contributed by atoms with van der Waals surface area (Å²) in [6.07, 6.45) is 4.00. The number of esters is 2. The Balaban J connectivity index is 1.42. The zero-order valence-electron chi connectivity index (χ0n) is 14.4. The molecule has 2 aliphatic rings. The number of hydrogen-bond donors (Lipinski definition) is 0. The van der Waals surface area contributed by atoms with Crippen LogP contribution in [0.3, 0.4) is 0 Å². The van der Waals surface area contributed by atoms with Crippen molar-refractivity contribution in [3.05, 3.63) is 90.0 Å². The van der Waals surface area contributed by atoms with Crippen LogP contribution in [0.2, 0.25) is 0 Å². The van der Waals surface area contributed by atoms with Gasteiger partial charge in [-0.15, -0.1) is 0 Å². The van der Waals surface area contributed by atoms with Crippen molar-refractivity contribution in [3.63, 3.8) is 0 Å². The molecule has 27 heavy (non-hydrogen) atoms. The van der Waals surface area contributed by atoms with Gasteiger partial charge in [-0.05, 0) is 23.3 Å². The molecular formula is C22H18O5. The number of hydrogen-bond acceptors (Lipinski definition) is 5. The standard InChI is InChI=1S/C22H18O5/c23-18(13-11-15-7-3-1-4-8-15)25-17-12-14-19(24)26-21(17)22-20(27-22)16-9-5-2-6-10-16/h1-14,17,20-22H/b13-11+/t17-,20+,21?,22-/m0/s1. The number of carbonyl (C=O) groups is 2. The summed E-state index contributed by atoms with van der Waals surface area (Å²) in [5.74, 6) is -0.970. The van der Waals surface area contributed by atoms with Crippen molar-refractivity contribution >= 4 is 18.0 Å². The number of ether oxygens (including phenoxy) is 3. The first-order chi connectivity index (χ1) is 13.2. The summed E-state index contributed by atoms with van der Waals surface area (Å²) in [6, 6.07) is 19.1. The van der Waals surface area contributed by atoms with Crippen LogP contribution in [0.1, 0.15) is 17.2 Å². The first kappa shape index (κ1) is 17.2. The molecule has 1 saturated heterocycles. The van der Waals surface area contributed by atoms with Crippen molar-refractivity contribution in [3.8, 4) is 0 Å². The van der Waals surface area contributed by atoms with Gasteiger partial charge < -0.3 is 14.2 Å². The lowest BCUT2D eigenvalue weighted by Crippen LogP contribution is -2.40. The second kappa shape index (κ2) is 7.60. The Labute approximate surface area is 156 Å². The van der Waals surface area contributed by atoms with E-state index in [1.54, 1.807) is 12.2 Å². The van der Waals surface area contributed by atoms with Crippen LogP contribution in [-0.4, -0.2) is 30.3 Å². The highest BCUT2D eigenvalue weighted by Gasteiger charge is 2.52. The number of cyclic esters (lactones) is 1. The van der Waals surface area contributed by atoms with Gasteiger partial charge in [-0.25, -0.2) is 9.59 Å². The average Bonchev–Trinajstić information content (AvgIpc) is 3.50. The molecule has 2 heterocycles. The number of benzene rings is 2. The predicted octanol–water partition coefficient (Wildman–Crippen LogP) is 3.23. The van der Waals surface area contributed by atoms with E-state index < -0.39 is 24.1 Å². The van der Waals surface area contributed by atoms with Crippen LogP contribution in [0.5, 0.6) is 0 Å². The minimum Gasteiger partial charge on any atom is -0.452 e. The van der Waals surface area contributed by atoms with Crippen LogP contribution in [-0.2, 0) is 23.8 Å². The fraction of sp³-hybridized carbons (Fsp3) is 0.182. The molecule has 136 valence electrons. The molecule has 0 spiro atoms. The second-order valence-electron chi connectivity index (χ2n) is 6.34. The van der Waals surface area contributed by atoms with Gasteiger partial charge in [0.15, 0.2) is 12.2 Å². The highest BCUT2D eigenvalue weighted by atomic mass is 16.6. The van der Waals surface area contributed by atoms with Crippen LogP contribution in [0.25, 0.3) is 6.08 Å². The third-order valence-electron chi connectivity index (χ3n) is 4.44. The lowest BCUT2D eigenvalue weighted by atomic mass is 10.0. The van der Waals surface area contributed by atoms with Crippen LogP contribution >= 0.6 is 0 Å². The highest BCUT2D eigenvalue weighted by molar-refractivity contribution is 5.88. The van der Waals surface area contributed by atoms with Gasteiger partial charge in [0.25, 0.3) is 0 Å². The van der Waals surface area contributed by atoms with Crippen molar-refractivity contribution in [2.75, 3.05) is 0 Å². The number of epoxide rings is 1. The van der Waals surface area contributed by atoms with E-state index >= 15 is 0 Å². The molecule has 0 aromatic heterocycles. The van der Waals surface area contributed by atoms with Gasteiger partial charge in [0.05, 0.1) is 0 Å². The van der Waals surface area contributed by atoms with Crippen molar-refractivity contribution in [1.29, 1.82) is 0 Å². The largest absolute Gasteiger partial charge is 0.452 e. The number of rotatable bonds is 5. The van der Waals surface area contributed by atoms with Gasteiger partial charge in [0.1, 0.15) is 12.2 Å². The van der Waals surface area contributed by atoms with E-state index in [-0.39, 0.29) is 12.2 Å². The molecule has 0 amide bonds. The molecule has 0 saturated carbocycles. The molecular weight excluding hydrogens is 344 g/mol. The summed E-state index contributed by atoms with van der Waals surface area (Å²) < 4.78 is 16.6. The van der Waals surface area contributed by atoms with Gasteiger partial charge in [0.2, 0.25) is 0 Å². The number of carbonyl (C=O) groups excluding carboxylic acids is 2. The summed E-state index contributed by atoms with van der Waals surface area (Å²) >= 11 is 0. The van der Waals surface area contributed by atoms with Crippen LogP contribution in [0, 0.1) is 0 Å². The van der Waals surface area contributed by atoms with Crippen LogP contribution in [0.15, 0.2) is 78.9 Å². The van der Waals surface area contributed by atoms with E-state index in [0.29, 0.717) is 0 Å². The Bertz CT molecular complexity index is 872. The van der Waals surface area contributed by atoms with Gasteiger partial charge in [-0.3, -0.25) is 0 Å². The van der Waals surface area contributed by atoms with Gasteiger partial charge in [-0.1, -0.05) is 60.7 Å². The topological polar surface area (TPSA) is 65.1 Å². The summed E-state index contributed by atoms with van der Waals surface area (Å²) in [5.41, 5.74) is 1.90. The van der Waals surface area contributed by atoms with Crippen molar-refractivity contribution < 1.29 is 23.8 Å². The Morgan fingerprint density at radius 1 is 0.963 bits per heavy atom. The van der Waals surface area contributed by atoms with Crippen LogP contribution in [0.4, 0.5) is 0 Å². The summed E-state index contributed by atoms with van der Waals surface area (Å²) in [6.45, 7) is 0. The minimum absolute atomic E-state index is 0.170. The quantitative estimate of drug-likeness (QED) is 0.464. The molecule has 5 heteroatoms. The molecule has 5 nitrogen and oxygen atoms in total. The fourth-order valence-corrected chi connectivity index (χ4v) is 3.07. The Kier molecular flexibility index (Phi) is 4.85. The van der Waals surface area contributed by atoms with Crippen molar-refractivity contribution in [2.45, 2.75) is 24.4 Å². The fourth-order valence-electron chi connectivity index (χ4n) is 3.07. The second-order valence-corrected chi connectivity index (χ2v) is 6.34. The Morgan fingerprint density at radius 3 is 2.41 bits per heavy atom. The Hall–Kier alpha value is -3.18. The molecule has 1 unspecified atom stereocenters. The van der Waals surface area contributed by atoms with E-state index in [9.17, 15) is 9.59 Å². The molecule has 0 N–H and O–H groups in total. The third-order valence-corrected chi connectivity index (χ3v) is 4.44. The lowest BCUT2D eigenvalue weighted by Gasteiger charge is -2.25. The zero-order valence-corrected chi connectivity index (χ0v) is 14.4. The minimum atomic E-state index is -0.686. The molecule has 0 radical (unpaired) electrons. The van der Waals surface area contributed by atoms with E-state index in [2.05, 4.69) is 0 Å². The average molecular weight is 362 g/mol. The molecule has 4 atom stereocenters. The molecule has 4 rings (SSSR count). The molecule has 2 aromatic rings. The van der Waals surface area contributed by atoms with Crippen molar-refractivity contribution in [1.82, 2.24) is 0 Å². The highest BCUT2D eigenvalue weighted by Crippen LogP contribution is 2.43. The van der Waals surface area contributed by atoms with Crippen LogP contribution < -0.4 is 0 Å². The molecule has 0 aliphatic carbocycles. The Morgan fingerprint density at radius 2 is 1.67 bits per heavy atom. The van der Waals surface area contributed by atoms with Gasteiger partial charge >= 0.3 is 11.9 Å². The van der Waals surface area contributed by atoms with E-state index in [0.717, 1.165) is 11.1 Å². The van der Waals surface area contributed by atoms with E-state index in [1.165, 1.54) is 12.2 Å². The maximum atomic E-state index is 12.2. The molecule has 1 fully saturated rings. The summed E-state index contributed by atoms with van der Waals surface area (Å²) in [4.78, 5) is 23.9. The van der Waals surface area contributed by atoms with Crippen molar-refractivity contribution in [2.24, 2.45) is 0 Å². The summed E-state index contributed by atoms with van der Waals surface area (Å²) in [5, 5.41) is 0. The first-order valence-electron chi connectivity index (χ1n) is 8.74. The molecule has 2 aromatic carbocycles. The van der Waals surface area contributed by atoms with Gasteiger partial charge in [-0.2, -0.15) is 0 Å².